The number of hydrogen-bond acceptors (Lipinski definition) is 6. The van der Waals surface area contributed by atoms with Crippen molar-refractivity contribution in [1.82, 2.24) is 10.2 Å². The summed E-state index contributed by atoms with van der Waals surface area (Å²) in [7, 11) is 0. The van der Waals surface area contributed by atoms with E-state index in [0.29, 0.717) is 24.3 Å². The van der Waals surface area contributed by atoms with Crippen molar-refractivity contribution in [3.05, 3.63) is 5.89 Å². The SMILES string of the molecule is Cc1nnc(SC2COCC2O)o1. The molecule has 2 unspecified atom stereocenters. The van der Waals surface area contributed by atoms with Crippen LogP contribution in [0.2, 0.25) is 0 Å². The van der Waals surface area contributed by atoms with E-state index in [0.717, 1.165) is 0 Å². The molecule has 1 N–H and O–H groups in total. The Kier molecular flexibility index (Phi) is 2.52. The Morgan fingerprint density at radius 3 is 2.85 bits per heavy atom. The fraction of sp³-hybridized carbons (Fsp3) is 0.714. The molecule has 0 bridgehead atoms. The maximum atomic E-state index is 9.42. The molecule has 1 fully saturated rings. The summed E-state index contributed by atoms with van der Waals surface area (Å²) in [5.74, 6) is 0.538. The summed E-state index contributed by atoms with van der Waals surface area (Å²) < 4.78 is 10.3. The third-order valence-corrected chi connectivity index (χ3v) is 2.88. The van der Waals surface area contributed by atoms with Crippen molar-refractivity contribution < 1.29 is 14.3 Å². The van der Waals surface area contributed by atoms with Crippen LogP contribution in [0.5, 0.6) is 0 Å². The molecule has 72 valence electrons. The second kappa shape index (κ2) is 3.65. The van der Waals surface area contributed by atoms with E-state index in [1.807, 2.05) is 0 Å². The number of thioether (sulfide) groups is 1. The minimum atomic E-state index is -0.433. The minimum absolute atomic E-state index is 0.0137. The average Bonchev–Trinajstić information content (AvgIpc) is 2.64. The fourth-order valence-electron chi connectivity index (χ4n) is 1.09. The summed E-state index contributed by atoms with van der Waals surface area (Å²) >= 11 is 1.36. The first kappa shape index (κ1) is 8.98. The second-order valence-corrected chi connectivity index (χ2v) is 4.04. The molecule has 6 heteroatoms. The Morgan fingerprint density at radius 2 is 2.31 bits per heavy atom. The Bertz CT molecular complexity index is 291. The van der Waals surface area contributed by atoms with Crippen LogP contribution in [0.4, 0.5) is 0 Å². The molecule has 1 aliphatic rings. The smallest absolute Gasteiger partial charge is 0.277 e. The predicted octanol–water partition coefficient (Wildman–Crippen LogP) is 0.230. The molecule has 2 heterocycles. The van der Waals surface area contributed by atoms with Gasteiger partial charge in [-0.2, -0.15) is 0 Å². The first-order valence-corrected chi connectivity index (χ1v) is 4.86. The molecule has 1 aromatic heterocycles. The molecule has 2 atom stereocenters. The topological polar surface area (TPSA) is 68.4 Å². The van der Waals surface area contributed by atoms with E-state index in [2.05, 4.69) is 10.2 Å². The maximum Gasteiger partial charge on any atom is 0.277 e. The summed E-state index contributed by atoms with van der Waals surface area (Å²) in [5, 5.41) is 17.4. The van der Waals surface area contributed by atoms with Gasteiger partial charge in [-0.15, -0.1) is 10.2 Å². The highest BCUT2D eigenvalue weighted by Crippen LogP contribution is 2.27. The maximum absolute atomic E-state index is 9.42. The molecule has 0 aliphatic carbocycles. The monoisotopic (exact) mass is 202 g/mol. The van der Waals surface area contributed by atoms with Crippen molar-refractivity contribution in [3.63, 3.8) is 0 Å². The van der Waals surface area contributed by atoms with E-state index in [1.165, 1.54) is 11.8 Å². The Balaban J connectivity index is 1.97. The van der Waals surface area contributed by atoms with Crippen LogP contribution in [0.1, 0.15) is 5.89 Å². The van der Waals surface area contributed by atoms with E-state index in [1.54, 1.807) is 6.92 Å². The van der Waals surface area contributed by atoms with Crippen molar-refractivity contribution in [2.75, 3.05) is 13.2 Å². The van der Waals surface area contributed by atoms with Crippen LogP contribution in [0.15, 0.2) is 9.64 Å². The molecule has 0 amide bonds. The molecule has 2 rings (SSSR count). The van der Waals surface area contributed by atoms with E-state index < -0.39 is 6.10 Å². The van der Waals surface area contributed by atoms with Crippen LogP contribution in [0.3, 0.4) is 0 Å². The molecule has 0 aromatic carbocycles. The van der Waals surface area contributed by atoms with Gasteiger partial charge in [-0.05, 0) is 0 Å². The largest absolute Gasteiger partial charge is 0.416 e. The first-order valence-electron chi connectivity index (χ1n) is 3.98. The van der Waals surface area contributed by atoms with E-state index in [-0.39, 0.29) is 5.25 Å². The Hall–Kier alpha value is -0.590. The van der Waals surface area contributed by atoms with E-state index in [9.17, 15) is 5.11 Å². The first-order chi connectivity index (χ1) is 6.25. The molecular weight excluding hydrogens is 192 g/mol. The molecule has 0 saturated carbocycles. The number of aromatic nitrogens is 2. The normalized spacial score (nSPS) is 28.2. The van der Waals surface area contributed by atoms with Gasteiger partial charge in [0.05, 0.1) is 24.6 Å². The summed E-state index contributed by atoms with van der Waals surface area (Å²) in [6.07, 6.45) is -0.433. The summed E-state index contributed by atoms with van der Waals surface area (Å²) in [5.41, 5.74) is 0. The molecule has 13 heavy (non-hydrogen) atoms. The summed E-state index contributed by atoms with van der Waals surface area (Å²) in [6.45, 7) is 2.66. The minimum Gasteiger partial charge on any atom is -0.416 e. The predicted molar refractivity (Wildman–Crippen MR) is 45.5 cm³/mol. The van der Waals surface area contributed by atoms with E-state index in [4.69, 9.17) is 9.15 Å². The molecule has 1 saturated heterocycles. The van der Waals surface area contributed by atoms with Crippen LogP contribution in [-0.2, 0) is 4.74 Å². The van der Waals surface area contributed by atoms with Gasteiger partial charge in [-0.25, -0.2) is 0 Å². The van der Waals surface area contributed by atoms with Crippen LogP contribution in [-0.4, -0.2) is 39.9 Å². The Morgan fingerprint density at radius 1 is 1.46 bits per heavy atom. The standard InChI is InChI=1S/C7H10N2O3S/c1-4-8-9-7(12-4)13-6-3-11-2-5(6)10/h5-6,10H,2-3H2,1H3. The molecule has 1 aliphatic heterocycles. The van der Waals surface area contributed by atoms with Crippen molar-refractivity contribution in [3.8, 4) is 0 Å². The van der Waals surface area contributed by atoms with Gasteiger partial charge in [0.15, 0.2) is 0 Å². The number of rotatable bonds is 2. The second-order valence-electron chi connectivity index (χ2n) is 2.85. The van der Waals surface area contributed by atoms with Gasteiger partial charge in [0, 0.05) is 6.92 Å². The van der Waals surface area contributed by atoms with Crippen LogP contribution < -0.4 is 0 Å². The van der Waals surface area contributed by atoms with Crippen LogP contribution in [0.25, 0.3) is 0 Å². The third-order valence-electron chi connectivity index (χ3n) is 1.76. The quantitative estimate of drug-likeness (QED) is 0.740. The molecule has 0 spiro atoms. The molecule has 5 nitrogen and oxygen atoms in total. The number of ether oxygens (including phenoxy) is 1. The van der Waals surface area contributed by atoms with Gasteiger partial charge in [0.25, 0.3) is 5.22 Å². The zero-order valence-corrected chi connectivity index (χ0v) is 7.95. The van der Waals surface area contributed by atoms with Crippen molar-refractivity contribution in [2.45, 2.75) is 23.5 Å². The third kappa shape index (κ3) is 2.01. The van der Waals surface area contributed by atoms with Gasteiger partial charge < -0.3 is 14.3 Å². The summed E-state index contributed by atoms with van der Waals surface area (Å²) in [6, 6.07) is 0. The lowest BCUT2D eigenvalue weighted by molar-refractivity contribution is 0.127. The van der Waals surface area contributed by atoms with Gasteiger partial charge in [0.1, 0.15) is 0 Å². The number of aliphatic hydroxyl groups is 1. The zero-order chi connectivity index (χ0) is 9.26. The van der Waals surface area contributed by atoms with Crippen molar-refractivity contribution >= 4 is 11.8 Å². The van der Waals surface area contributed by atoms with Crippen LogP contribution in [0, 0.1) is 6.92 Å². The Labute approximate surface area is 79.5 Å². The zero-order valence-electron chi connectivity index (χ0n) is 7.14. The lowest BCUT2D eigenvalue weighted by Crippen LogP contribution is -2.19. The fourth-order valence-corrected chi connectivity index (χ4v) is 2.01. The number of aliphatic hydroxyl groups excluding tert-OH is 1. The highest BCUT2D eigenvalue weighted by molar-refractivity contribution is 7.99. The molecule has 1 aromatic rings. The van der Waals surface area contributed by atoms with Gasteiger partial charge >= 0.3 is 0 Å². The van der Waals surface area contributed by atoms with Crippen molar-refractivity contribution in [2.24, 2.45) is 0 Å². The van der Waals surface area contributed by atoms with Gasteiger partial charge in [-0.3, -0.25) is 0 Å². The van der Waals surface area contributed by atoms with Gasteiger partial charge in [-0.1, -0.05) is 11.8 Å². The lowest BCUT2D eigenvalue weighted by Gasteiger charge is -2.07. The van der Waals surface area contributed by atoms with Gasteiger partial charge in [0.2, 0.25) is 5.89 Å². The number of hydrogen-bond donors (Lipinski definition) is 1. The summed E-state index contributed by atoms with van der Waals surface area (Å²) in [4.78, 5) is 0. The average molecular weight is 202 g/mol. The molecule has 0 radical (unpaired) electrons. The highest BCUT2D eigenvalue weighted by atomic mass is 32.2. The number of nitrogens with zero attached hydrogens (tertiary/aromatic N) is 2. The number of aryl methyl sites for hydroxylation is 1. The molecular formula is C7H10N2O3S. The van der Waals surface area contributed by atoms with Crippen LogP contribution >= 0.6 is 11.8 Å². The van der Waals surface area contributed by atoms with Crippen molar-refractivity contribution in [1.29, 1.82) is 0 Å². The van der Waals surface area contributed by atoms with E-state index >= 15 is 0 Å². The lowest BCUT2D eigenvalue weighted by atomic mass is 10.3. The highest BCUT2D eigenvalue weighted by Gasteiger charge is 2.28.